The minimum Gasteiger partial charge on any atom is -0.370 e. The maximum atomic E-state index is 12.3. The third-order valence-corrected chi connectivity index (χ3v) is 6.58. The van der Waals surface area contributed by atoms with Crippen LogP contribution in [0.5, 0.6) is 0 Å². The number of amides is 1. The number of fused-ring (bicyclic) bond motifs is 1. The first kappa shape index (κ1) is 18.9. The van der Waals surface area contributed by atoms with Gasteiger partial charge in [0.2, 0.25) is 5.91 Å². The van der Waals surface area contributed by atoms with E-state index in [1.165, 1.54) is 12.8 Å². The van der Waals surface area contributed by atoms with Gasteiger partial charge in [-0.1, -0.05) is 25.9 Å². The van der Waals surface area contributed by atoms with Gasteiger partial charge < -0.3 is 19.5 Å². The summed E-state index contributed by atoms with van der Waals surface area (Å²) >= 11 is 0. The molecule has 1 N–H and O–H groups in total. The number of aromatic nitrogens is 1. The maximum Gasteiger partial charge on any atom is 0.227 e. The highest BCUT2D eigenvalue weighted by molar-refractivity contribution is 5.77. The molecule has 1 aromatic heterocycles. The van der Waals surface area contributed by atoms with E-state index in [1.807, 2.05) is 13.0 Å². The Morgan fingerprint density at radius 1 is 1.44 bits per heavy atom. The van der Waals surface area contributed by atoms with Gasteiger partial charge in [-0.15, -0.1) is 0 Å². The summed E-state index contributed by atoms with van der Waals surface area (Å²) in [7, 11) is 0. The lowest BCUT2D eigenvalue weighted by Crippen LogP contribution is -2.42. The molecule has 0 aliphatic carbocycles. The van der Waals surface area contributed by atoms with Crippen molar-refractivity contribution in [2.75, 3.05) is 26.2 Å². The fourth-order valence-electron chi connectivity index (χ4n) is 5.18. The van der Waals surface area contributed by atoms with Gasteiger partial charge in [-0.05, 0) is 38.1 Å². The Morgan fingerprint density at radius 3 is 2.96 bits per heavy atom. The van der Waals surface area contributed by atoms with Crippen molar-refractivity contribution in [2.45, 2.75) is 65.1 Å². The molecule has 2 bridgehead atoms. The van der Waals surface area contributed by atoms with E-state index >= 15 is 0 Å². The smallest absolute Gasteiger partial charge is 0.227 e. The Labute approximate surface area is 162 Å². The van der Waals surface area contributed by atoms with Crippen molar-refractivity contribution in [1.29, 1.82) is 0 Å². The number of rotatable bonds is 6. The molecular formula is C21H33N3O3. The molecule has 150 valence electrons. The number of hydrogen-bond donors (Lipinski definition) is 1. The summed E-state index contributed by atoms with van der Waals surface area (Å²) in [6.45, 7) is 12.8. The quantitative estimate of drug-likeness (QED) is 0.828. The van der Waals surface area contributed by atoms with Crippen LogP contribution in [0.1, 0.15) is 51.5 Å². The molecule has 0 aromatic carbocycles. The Bertz CT molecular complexity index is 695. The molecule has 3 fully saturated rings. The van der Waals surface area contributed by atoms with Gasteiger partial charge in [-0.3, -0.25) is 4.79 Å². The van der Waals surface area contributed by atoms with E-state index in [0.717, 1.165) is 31.7 Å². The van der Waals surface area contributed by atoms with Gasteiger partial charge >= 0.3 is 0 Å². The van der Waals surface area contributed by atoms with Crippen molar-refractivity contribution < 1.29 is 14.1 Å². The standard InChI is InChI=1S/C21H33N3O3/c1-14-9-15(27-23-14)10-19(25)22-11-16-17-12-24(8-7-20(2,3)4)13-21(17)6-5-18(16)26-21/h9,16-18H,5-8,10-13H2,1-4H3,(H,22,25)/t16-,17+,18+,21+/m0/s1. The first-order valence-corrected chi connectivity index (χ1v) is 10.3. The third-order valence-electron chi connectivity index (χ3n) is 6.58. The SMILES string of the molecule is Cc1cc(CC(=O)NC[C@H]2[C@H]3CN(CCC(C)(C)C)C[C@]34CC[C@H]2O4)on1. The van der Waals surface area contributed by atoms with Gasteiger partial charge in [-0.2, -0.15) is 0 Å². The van der Waals surface area contributed by atoms with Crippen LogP contribution < -0.4 is 5.32 Å². The summed E-state index contributed by atoms with van der Waals surface area (Å²) < 4.78 is 11.6. The molecule has 4 heterocycles. The average Bonchev–Trinajstić information content (AvgIpc) is 3.31. The highest BCUT2D eigenvalue weighted by atomic mass is 16.5. The summed E-state index contributed by atoms with van der Waals surface area (Å²) in [5.74, 6) is 1.60. The molecule has 6 heteroatoms. The van der Waals surface area contributed by atoms with Crippen LogP contribution in [-0.2, 0) is 16.0 Å². The van der Waals surface area contributed by atoms with Crippen LogP contribution >= 0.6 is 0 Å². The Balaban J connectivity index is 1.32. The largest absolute Gasteiger partial charge is 0.370 e. The van der Waals surface area contributed by atoms with E-state index in [4.69, 9.17) is 9.26 Å². The summed E-state index contributed by atoms with van der Waals surface area (Å²) in [5, 5.41) is 6.97. The second-order valence-corrected chi connectivity index (χ2v) is 9.99. The molecule has 6 nitrogen and oxygen atoms in total. The summed E-state index contributed by atoms with van der Waals surface area (Å²) in [6.07, 6.45) is 4.08. The van der Waals surface area contributed by atoms with Crippen LogP contribution in [-0.4, -0.2) is 53.8 Å². The van der Waals surface area contributed by atoms with Crippen molar-refractivity contribution in [1.82, 2.24) is 15.4 Å². The third kappa shape index (κ3) is 3.92. The number of nitrogens with one attached hydrogen (secondary N) is 1. The van der Waals surface area contributed by atoms with Crippen LogP contribution in [0.15, 0.2) is 10.6 Å². The topological polar surface area (TPSA) is 67.6 Å². The fraction of sp³-hybridized carbons (Fsp3) is 0.810. The molecule has 0 unspecified atom stereocenters. The number of ether oxygens (including phenoxy) is 1. The fourth-order valence-corrected chi connectivity index (χ4v) is 5.18. The number of hydrogen-bond acceptors (Lipinski definition) is 5. The Morgan fingerprint density at radius 2 is 2.26 bits per heavy atom. The maximum absolute atomic E-state index is 12.3. The van der Waals surface area contributed by atoms with E-state index in [0.29, 0.717) is 35.7 Å². The second kappa shape index (κ2) is 6.89. The van der Waals surface area contributed by atoms with E-state index in [9.17, 15) is 4.79 Å². The molecule has 1 aromatic rings. The lowest BCUT2D eigenvalue weighted by Gasteiger charge is -2.29. The lowest BCUT2D eigenvalue weighted by molar-refractivity contribution is -0.121. The molecule has 0 saturated carbocycles. The van der Waals surface area contributed by atoms with Crippen LogP contribution in [0, 0.1) is 24.2 Å². The molecule has 0 radical (unpaired) electrons. The first-order chi connectivity index (χ1) is 12.7. The highest BCUT2D eigenvalue weighted by Crippen LogP contribution is 2.54. The summed E-state index contributed by atoms with van der Waals surface area (Å²) in [4.78, 5) is 14.9. The van der Waals surface area contributed by atoms with Gasteiger partial charge in [-0.25, -0.2) is 0 Å². The van der Waals surface area contributed by atoms with E-state index < -0.39 is 0 Å². The van der Waals surface area contributed by atoms with Gasteiger partial charge in [0.1, 0.15) is 5.76 Å². The van der Waals surface area contributed by atoms with E-state index in [1.54, 1.807) is 0 Å². The van der Waals surface area contributed by atoms with Gasteiger partial charge in [0.25, 0.3) is 0 Å². The van der Waals surface area contributed by atoms with Crippen LogP contribution in [0.4, 0.5) is 0 Å². The minimum atomic E-state index is 0.00515. The van der Waals surface area contributed by atoms with Crippen molar-refractivity contribution in [3.8, 4) is 0 Å². The second-order valence-electron chi connectivity index (χ2n) is 9.99. The summed E-state index contributed by atoms with van der Waals surface area (Å²) in [6, 6.07) is 1.82. The molecule has 4 rings (SSSR count). The molecule has 1 amide bonds. The Kier molecular flexibility index (Phi) is 4.83. The first-order valence-electron chi connectivity index (χ1n) is 10.3. The van der Waals surface area contributed by atoms with Crippen molar-refractivity contribution in [3.05, 3.63) is 17.5 Å². The zero-order valence-corrected chi connectivity index (χ0v) is 17.1. The van der Waals surface area contributed by atoms with Crippen LogP contribution in [0.25, 0.3) is 0 Å². The number of likely N-dealkylation sites (tertiary alicyclic amines) is 1. The highest BCUT2D eigenvalue weighted by Gasteiger charge is 2.62. The molecule has 3 aliphatic rings. The van der Waals surface area contributed by atoms with Gasteiger partial charge in [0.05, 0.1) is 23.8 Å². The number of carbonyl (C=O) groups excluding carboxylic acids is 1. The number of carbonyl (C=O) groups is 1. The van der Waals surface area contributed by atoms with E-state index in [-0.39, 0.29) is 17.9 Å². The Hall–Kier alpha value is -1.40. The van der Waals surface area contributed by atoms with Crippen LogP contribution in [0.3, 0.4) is 0 Å². The normalized spacial score (nSPS) is 32.8. The van der Waals surface area contributed by atoms with Crippen molar-refractivity contribution in [3.63, 3.8) is 0 Å². The monoisotopic (exact) mass is 375 g/mol. The van der Waals surface area contributed by atoms with Crippen LogP contribution in [0.2, 0.25) is 0 Å². The molecular weight excluding hydrogens is 342 g/mol. The van der Waals surface area contributed by atoms with Gasteiger partial charge in [0.15, 0.2) is 0 Å². The lowest BCUT2D eigenvalue weighted by atomic mass is 9.73. The zero-order chi connectivity index (χ0) is 19.2. The van der Waals surface area contributed by atoms with Crippen molar-refractivity contribution >= 4 is 5.91 Å². The number of nitrogens with zero attached hydrogens (tertiary/aromatic N) is 2. The molecule has 3 saturated heterocycles. The number of aryl methyl sites for hydroxylation is 1. The van der Waals surface area contributed by atoms with Gasteiger partial charge in [0, 0.05) is 37.5 Å². The average molecular weight is 376 g/mol. The predicted molar refractivity (Wildman–Crippen MR) is 102 cm³/mol. The molecule has 1 spiro atoms. The minimum absolute atomic E-state index is 0.00515. The molecule has 4 atom stereocenters. The predicted octanol–water partition coefficient (Wildman–Crippen LogP) is 2.56. The van der Waals surface area contributed by atoms with E-state index in [2.05, 4.69) is 36.1 Å². The molecule has 3 aliphatic heterocycles. The molecule has 27 heavy (non-hydrogen) atoms. The zero-order valence-electron chi connectivity index (χ0n) is 17.1. The summed E-state index contributed by atoms with van der Waals surface area (Å²) in [5.41, 5.74) is 1.21. The van der Waals surface area contributed by atoms with Crippen molar-refractivity contribution in [2.24, 2.45) is 17.3 Å².